The highest BCUT2D eigenvalue weighted by Crippen LogP contribution is 2.24. The van der Waals surface area contributed by atoms with Crippen molar-refractivity contribution in [3.8, 4) is 0 Å². The van der Waals surface area contributed by atoms with Gasteiger partial charge in [-0.1, -0.05) is 23.2 Å². The summed E-state index contributed by atoms with van der Waals surface area (Å²) in [5.41, 5.74) is 5.80. The van der Waals surface area contributed by atoms with E-state index in [2.05, 4.69) is 5.32 Å². The van der Waals surface area contributed by atoms with Crippen molar-refractivity contribution in [1.29, 1.82) is 0 Å². The molecule has 4 N–H and O–H groups in total. The van der Waals surface area contributed by atoms with Gasteiger partial charge in [0.1, 0.15) is 6.04 Å². The van der Waals surface area contributed by atoms with Gasteiger partial charge in [-0.2, -0.15) is 0 Å². The Morgan fingerprint density at radius 2 is 2.13 bits per heavy atom. The lowest BCUT2D eigenvalue weighted by Gasteiger charge is -2.09. The van der Waals surface area contributed by atoms with E-state index < -0.39 is 18.6 Å². The van der Waals surface area contributed by atoms with Crippen molar-refractivity contribution in [2.24, 2.45) is 5.73 Å². The number of hydrogen-bond acceptors (Lipinski definition) is 3. The van der Waals surface area contributed by atoms with Crippen LogP contribution in [0.3, 0.4) is 0 Å². The number of aliphatic hydroxyl groups excluding tert-OH is 1. The molecule has 1 atom stereocenters. The van der Waals surface area contributed by atoms with Gasteiger partial charge in [0.2, 0.25) is 5.91 Å². The van der Waals surface area contributed by atoms with Gasteiger partial charge in [0.05, 0.1) is 16.7 Å². The smallest absolute Gasteiger partial charge is 0.243 e. The van der Waals surface area contributed by atoms with Crippen LogP contribution in [0.1, 0.15) is 0 Å². The molecule has 1 aromatic carbocycles. The molecular formula is C9H10Cl2N2O2. The Labute approximate surface area is 97.0 Å². The van der Waals surface area contributed by atoms with Gasteiger partial charge in [-0.25, -0.2) is 0 Å². The average molecular weight is 249 g/mol. The molecule has 0 saturated heterocycles. The Morgan fingerprint density at radius 1 is 1.47 bits per heavy atom. The first-order valence-corrected chi connectivity index (χ1v) is 4.92. The van der Waals surface area contributed by atoms with Gasteiger partial charge in [-0.3, -0.25) is 4.79 Å². The molecule has 1 unspecified atom stereocenters. The Morgan fingerprint density at radius 3 is 2.67 bits per heavy atom. The zero-order valence-corrected chi connectivity index (χ0v) is 9.22. The topological polar surface area (TPSA) is 75.3 Å². The van der Waals surface area contributed by atoms with Crippen molar-refractivity contribution < 1.29 is 9.90 Å². The van der Waals surface area contributed by atoms with Crippen LogP contribution < -0.4 is 11.1 Å². The number of carbonyl (C=O) groups is 1. The summed E-state index contributed by atoms with van der Waals surface area (Å²) in [5.74, 6) is -0.476. The van der Waals surface area contributed by atoms with E-state index in [1.165, 1.54) is 6.07 Å². The molecule has 1 rings (SSSR count). The second kappa shape index (κ2) is 5.32. The van der Waals surface area contributed by atoms with Crippen molar-refractivity contribution in [2.45, 2.75) is 6.04 Å². The van der Waals surface area contributed by atoms with Gasteiger partial charge in [-0.05, 0) is 18.2 Å². The van der Waals surface area contributed by atoms with E-state index in [1.54, 1.807) is 12.1 Å². The maximum atomic E-state index is 11.3. The summed E-state index contributed by atoms with van der Waals surface area (Å²) in [6, 6.07) is 3.71. The highest BCUT2D eigenvalue weighted by molar-refractivity contribution is 6.42. The lowest BCUT2D eigenvalue weighted by molar-refractivity contribution is -0.118. The quantitative estimate of drug-likeness (QED) is 0.754. The van der Waals surface area contributed by atoms with Gasteiger partial charge in [0.25, 0.3) is 0 Å². The molecule has 6 heteroatoms. The Bertz CT molecular complexity index is 371. The molecule has 1 aromatic rings. The Hall–Kier alpha value is -0.810. The minimum absolute atomic E-state index is 0.340. The van der Waals surface area contributed by atoms with E-state index in [-0.39, 0.29) is 0 Å². The van der Waals surface area contributed by atoms with E-state index in [4.69, 9.17) is 34.0 Å². The molecule has 0 heterocycles. The summed E-state index contributed by atoms with van der Waals surface area (Å²) in [6.07, 6.45) is 0. The number of rotatable bonds is 3. The summed E-state index contributed by atoms with van der Waals surface area (Å²) in [5, 5.41) is 11.9. The molecular weight excluding hydrogens is 239 g/mol. The molecule has 0 aliphatic carbocycles. The van der Waals surface area contributed by atoms with Crippen LogP contribution in [0.2, 0.25) is 10.0 Å². The molecule has 0 aliphatic rings. The second-order valence-electron chi connectivity index (χ2n) is 2.91. The Kier molecular flexibility index (Phi) is 4.35. The van der Waals surface area contributed by atoms with Crippen LogP contribution in [0.5, 0.6) is 0 Å². The lowest BCUT2D eigenvalue weighted by atomic mass is 10.2. The third kappa shape index (κ3) is 3.35. The first kappa shape index (κ1) is 12.3. The van der Waals surface area contributed by atoms with Crippen molar-refractivity contribution in [3.63, 3.8) is 0 Å². The molecule has 0 bridgehead atoms. The number of aliphatic hydroxyl groups is 1. The number of benzene rings is 1. The van der Waals surface area contributed by atoms with Crippen LogP contribution in [-0.2, 0) is 4.79 Å². The molecule has 1 amide bonds. The number of nitrogens with two attached hydrogens (primary N) is 1. The van der Waals surface area contributed by atoms with Crippen LogP contribution in [0.15, 0.2) is 18.2 Å². The number of anilines is 1. The normalized spacial score (nSPS) is 12.3. The molecule has 15 heavy (non-hydrogen) atoms. The summed E-state index contributed by atoms with van der Waals surface area (Å²) in [7, 11) is 0. The third-order valence-corrected chi connectivity index (χ3v) is 2.46. The van der Waals surface area contributed by atoms with E-state index in [0.29, 0.717) is 15.7 Å². The maximum absolute atomic E-state index is 11.3. The standard InChI is InChI=1S/C9H10Cl2N2O2/c10-6-2-1-5(3-7(6)11)13-9(15)8(12)4-14/h1-3,8,14H,4,12H2,(H,13,15). The molecule has 0 aliphatic heterocycles. The second-order valence-corrected chi connectivity index (χ2v) is 3.72. The molecule has 82 valence electrons. The van der Waals surface area contributed by atoms with E-state index in [9.17, 15) is 4.79 Å². The molecule has 0 saturated carbocycles. The SMILES string of the molecule is NC(CO)C(=O)Nc1ccc(Cl)c(Cl)c1. The van der Waals surface area contributed by atoms with E-state index in [0.717, 1.165) is 0 Å². The summed E-state index contributed by atoms with van der Waals surface area (Å²) in [6.45, 7) is -0.410. The molecule has 4 nitrogen and oxygen atoms in total. The van der Waals surface area contributed by atoms with Gasteiger partial charge in [-0.15, -0.1) is 0 Å². The molecule has 0 fully saturated rings. The van der Waals surface area contributed by atoms with Crippen LogP contribution in [0, 0.1) is 0 Å². The fraction of sp³-hybridized carbons (Fsp3) is 0.222. The number of nitrogens with one attached hydrogen (secondary N) is 1. The van der Waals surface area contributed by atoms with Crippen molar-refractivity contribution in [3.05, 3.63) is 28.2 Å². The van der Waals surface area contributed by atoms with Crippen molar-refractivity contribution >= 4 is 34.8 Å². The number of amides is 1. The van der Waals surface area contributed by atoms with Crippen LogP contribution in [-0.4, -0.2) is 23.7 Å². The molecule has 0 spiro atoms. The first-order chi connectivity index (χ1) is 7.04. The van der Waals surface area contributed by atoms with Crippen LogP contribution in [0.4, 0.5) is 5.69 Å². The van der Waals surface area contributed by atoms with Gasteiger partial charge < -0.3 is 16.2 Å². The lowest BCUT2D eigenvalue weighted by Crippen LogP contribution is -2.38. The van der Waals surface area contributed by atoms with Gasteiger partial charge in [0, 0.05) is 5.69 Å². The van der Waals surface area contributed by atoms with E-state index >= 15 is 0 Å². The first-order valence-electron chi connectivity index (χ1n) is 4.17. The minimum Gasteiger partial charge on any atom is -0.394 e. The maximum Gasteiger partial charge on any atom is 0.243 e. The third-order valence-electron chi connectivity index (χ3n) is 1.72. The van der Waals surface area contributed by atoms with Crippen molar-refractivity contribution in [2.75, 3.05) is 11.9 Å². The predicted octanol–water partition coefficient (Wildman–Crippen LogP) is 1.25. The molecule has 0 aromatic heterocycles. The monoisotopic (exact) mass is 248 g/mol. The Balaban J connectivity index is 2.73. The fourth-order valence-corrected chi connectivity index (χ4v) is 1.19. The average Bonchev–Trinajstić information content (AvgIpc) is 2.22. The number of halogens is 2. The van der Waals surface area contributed by atoms with Crippen LogP contribution >= 0.6 is 23.2 Å². The van der Waals surface area contributed by atoms with E-state index in [1.807, 2.05) is 0 Å². The highest BCUT2D eigenvalue weighted by Gasteiger charge is 2.12. The summed E-state index contributed by atoms with van der Waals surface area (Å²) >= 11 is 11.4. The minimum atomic E-state index is -0.945. The van der Waals surface area contributed by atoms with Crippen molar-refractivity contribution in [1.82, 2.24) is 0 Å². The largest absolute Gasteiger partial charge is 0.394 e. The zero-order valence-electron chi connectivity index (χ0n) is 7.71. The van der Waals surface area contributed by atoms with Crippen LogP contribution in [0.25, 0.3) is 0 Å². The fourth-order valence-electron chi connectivity index (χ4n) is 0.892. The predicted molar refractivity (Wildman–Crippen MR) is 60.2 cm³/mol. The number of hydrogen-bond donors (Lipinski definition) is 3. The zero-order chi connectivity index (χ0) is 11.4. The highest BCUT2D eigenvalue weighted by atomic mass is 35.5. The number of carbonyl (C=O) groups excluding carboxylic acids is 1. The summed E-state index contributed by atoms with van der Waals surface area (Å²) in [4.78, 5) is 11.3. The van der Waals surface area contributed by atoms with Gasteiger partial charge in [0.15, 0.2) is 0 Å². The molecule has 0 radical (unpaired) electrons. The summed E-state index contributed by atoms with van der Waals surface area (Å²) < 4.78 is 0. The van der Waals surface area contributed by atoms with Gasteiger partial charge >= 0.3 is 0 Å².